The second-order valence-electron chi connectivity index (χ2n) is 6.82. The van der Waals surface area contributed by atoms with Crippen LogP contribution in [0.1, 0.15) is 47.9 Å². The maximum Gasteiger partial charge on any atom is 0.253 e. The van der Waals surface area contributed by atoms with E-state index in [-0.39, 0.29) is 18.5 Å². The Morgan fingerprint density at radius 3 is 2.92 bits per heavy atom. The summed E-state index contributed by atoms with van der Waals surface area (Å²) in [5.74, 6) is -0.0925. The van der Waals surface area contributed by atoms with E-state index in [4.69, 9.17) is 4.74 Å². The Labute approximate surface area is 147 Å². The van der Waals surface area contributed by atoms with Crippen LogP contribution in [-0.4, -0.2) is 51.1 Å². The summed E-state index contributed by atoms with van der Waals surface area (Å²) in [6.45, 7) is 5.17. The maximum absolute atomic E-state index is 12.8. The Kier molecular flexibility index (Phi) is 4.87. The van der Waals surface area contributed by atoms with Crippen LogP contribution in [0.15, 0.2) is 30.5 Å². The topological polar surface area (TPSA) is 80.5 Å². The van der Waals surface area contributed by atoms with Crippen molar-refractivity contribution in [3.05, 3.63) is 47.3 Å². The number of benzene rings is 1. The molecule has 1 aromatic carbocycles. The van der Waals surface area contributed by atoms with Gasteiger partial charge < -0.3 is 14.7 Å². The fourth-order valence-electron chi connectivity index (χ4n) is 3.06. The number of hydrogen-bond acceptors (Lipinski definition) is 5. The van der Waals surface area contributed by atoms with Gasteiger partial charge in [-0.15, -0.1) is 5.10 Å². The van der Waals surface area contributed by atoms with Gasteiger partial charge >= 0.3 is 0 Å². The minimum atomic E-state index is -1.15. The van der Waals surface area contributed by atoms with Crippen LogP contribution in [-0.2, 0) is 16.9 Å². The van der Waals surface area contributed by atoms with Gasteiger partial charge in [-0.1, -0.05) is 17.3 Å². The van der Waals surface area contributed by atoms with E-state index in [2.05, 4.69) is 10.3 Å². The first-order chi connectivity index (χ1) is 11.9. The number of methoxy groups -OCH3 is 1. The van der Waals surface area contributed by atoms with Crippen molar-refractivity contribution in [2.75, 3.05) is 20.2 Å². The zero-order valence-electron chi connectivity index (χ0n) is 14.8. The zero-order valence-corrected chi connectivity index (χ0v) is 14.8. The normalized spacial score (nSPS) is 20.4. The summed E-state index contributed by atoms with van der Waals surface area (Å²) in [6, 6.07) is 7.56. The average molecular weight is 344 g/mol. The molecular formula is C18H24N4O3. The first kappa shape index (κ1) is 17.6. The zero-order chi connectivity index (χ0) is 18.0. The number of hydrogen-bond donors (Lipinski definition) is 1. The molecule has 25 heavy (non-hydrogen) atoms. The lowest BCUT2D eigenvalue weighted by molar-refractivity contribution is 0.0381. The molecule has 7 heteroatoms. The van der Waals surface area contributed by atoms with Gasteiger partial charge in [0.15, 0.2) is 0 Å². The third-order valence-electron chi connectivity index (χ3n) is 4.54. The van der Waals surface area contributed by atoms with Crippen LogP contribution in [0.2, 0.25) is 0 Å². The number of aromatic nitrogens is 3. The molecule has 0 unspecified atom stereocenters. The van der Waals surface area contributed by atoms with E-state index < -0.39 is 5.60 Å². The van der Waals surface area contributed by atoms with Crippen LogP contribution in [0.5, 0.6) is 0 Å². The number of nitrogens with zero attached hydrogens (tertiary/aromatic N) is 4. The molecule has 1 aliphatic rings. The molecule has 0 radical (unpaired) electrons. The standard InChI is InChI=1S/C18H24N4O3/c1-13(2)22-10-16(19-20-22)18(24)7-8-21(12-18)17(23)15-6-4-5-14(9-15)11-25-3/h4-6,9-10,13,24H,7-8,11-12H2,1-3H3/t18-/m0/s1. The second-order valence-corrected chi connectivity index (χ2v) is 6.82. The van der Waals surface area contributed by atoms with Crippen LogP contribution in [0.3, 0.4) is 0 Å². The summed E-state index contributed by atoms with van der Waals surface area (Å²) < 4.78 is 6.83. The predicted molar refractivity (Wildman–Crippen MR) is 92.0 cm³/mol. The summed E-state index contributed by atoms with van der Waals surface area (Å²) in [4.78, 5) is 14.4. The van der Waals surface area contributed by atoms with Gasteiger partial charge in [0.05, 0.1) is 19.3 Å². The number of carbonyl (C=O) groups excluding carboxylic acids is 1. The molecule has 3 rings (SSSR count). The van der Waals surface area contributed by atoms with Crippen molar-refractivity contribution in [2.24, 2.45) is 0 Å². The minimum Gasteiger partial charge on any atom is -0.381 e. The van der Waals surface area contributed by atoms with Crippen molar-refractivity contribution >= 4 is 5.91 Å². The van der Waals surface area contributed by atoms with Crippen LogP contribution < -0.4 is 0 Å². The van der Waals surface area contributed by atoms with Gasteiger partial charge in [0.25, 0.3) is 5.91 Å². The number of carbonyl (C=O) groups is 1. The van der Waals surface area contributed by atoms with Gasteiger partial charge in [-0.05, 0) is 31.5 Å². The molecule has 2 aromatic rings. The van der Waals surface area contributed by atoms with E-state index >= 15 is 0 Å². The van der Waals surface area contributed by atoms with Crippen LogP contribution >= 0.6 is 0 Å². The quantitative estimate of drug-likeness (QED) is 0.894. The molecule has 1 aromatic heterocycles. The number of rotatable bonds is 5. The fourth-order valence-corrected chi connectivity index (χ4v) is 3.06. The molecule has 1 fully saturated rings. The first-order valence-corrected chi connectivity index (χ1v) is 8.45. The first-order valence-electron chi connectivity index (χ1n) is 8.45. The van der Waals surface area contributed by atoms with Crippen LogP contribution in [0.4, 0.5) is 0 Å². The van der Waals surface area contributed by atoms with Gasteiger partial charge in [-0.2, -0.15) is 0 Å². The minimum absolute atomic E-state index is 0.0925. The van der Waals surface area contributed by atoms with E-state index in [0.29, 0.717) is 30.8 Å². The Morgan fingerprint density at radius 2 is 2.24 bits per heavy atom. The Hall–Kier alpha value is -2.25. The molecule has 1 N–H and O–H groups in total. The van der Waals surface area contributed by atoms with Crippen molar-refractivity contribution in [3.63, 3.8) is 0 Å². The predicted octanol–water partition coefficient (Wildman–Crippen LogP) is 1.74. The molecule has 0 saturated carbocycles. The Morgan fingerprint density at radius 1 is 1.44 bits per heavy atom. The third kappa shape index (κ3) is 3.57. The van der Waals surface area contributed by atoms with Gasteiger partial charge in [-0.25, -0.2) is 4.68 Å². The third-order valence-corrected chi connectivity index (χ3v) is 4.54. The monoisotopic (exact) mass is 344 g/mol. The van der Waals surface area contributed by atoms with E-state index in [9.17, 15) is 9.90 Å². The summed E-state index contributed by atoms with van der Waals surface area (Å²) >= 11 is 0. The molecule has 0 aliphatic carbocycles. The SMILES string of the molecule is COCc1cccc(C(=O)N2CC[C@@](O)(c3cn(C(C)C)nn3)C2)c1. The molecular weight excluding hydrogens is 320 g/mol. The van der Waals surface area contributed by atoms with Crippen LogP contribution in [0, 0.1) is 0 Å². The van der Waals surface area contributed by atoms with Gasteiger partial charge in [0, 0.05) is 31.7 Å². The lowest BCUT2D eigenvalue weighted by atomic mass is 10.00. The molecule has 1 atom stereocenters. The van der Waals surface area contributed by atoms with E-state index in [1.807, 2.05) is 32.0 Å². The molecule has 134 valence electrons. The molecule has 0 bridgehead atoms. The maximum atomic E-state index is 12.8. The van der Waals surface area contributed by atoms with E-state index in [1.54, 1.807) is 29.0 Å². The smallest absolute Gasteiger partial charge is 0.253 e. The highest BCUT2D eigenvalue weighted by atomic mass is 16.5. The number of amides is 1. The molecule has 1 saturated heterocycles. The van der Waals surface area contributed by atoms with Gasteiger partial charge in [0.1, 0.15) is 11.3 Å². The summed E-state index contributed by atoms with van der Waals surface area (Å²) in [7, 11) is 1.62. The van der Waals surface area contributed by atoms with Crippen molar-refractivity contribution < 1.29 is 14.6 Å². The number of likely N-dealkylation sites (tertiary alicyclic amines) is 1. The molecule has 7 nitrogen and oxygen atoms in total. The molecule has 2 heterocycles. The second kappa shape index (κ2) is 6.93. The highest BCUT2D eigenvalue weighted by Gasteiger charge is 2.42. The van der Waals surface area contributed by atoms with E-state index in [0.717, 1.165) is 5.56 Å². The molecule has 0 spiro atoms. The fraction of sp³-hybridized carbons (Fsp3) is 0.500. The van der Waals surface area contributed by atoms with E-state index in [1.165, 1.54) is 0 Å². The Bertz CT molecular complexity index is 758. The molecule has 1 amide bonds. The summed E-state index contributed by atoms with van der Waals surface area (Å²) in [5, 5.41) is 19.1. The summed E-state index contributed by atoms with van der Waals surface area (Å²) in [5.41, 5.74) is 0.921. The Balaban J connectivity index is 1.75. The van der Waals surface area contributed by atoms with Crippen molar-refractivity contribution in [1.82, 2.24) is 19.9 Å². The number of aliphatic hydroxyl groups is 1. The van der Waals surface area contributed by atoms with Crippen LogP contribution in [0.25, 0.3) is 0 Å². The lowest BCUT2D eigenvalue weighted by Gasteiger charge is -2.21. The molecule has 1 aliphatic heterocycles. The van der Waals surface area contributed by atoms with Crippen molar-refractivity contribution in [3.8, 4) is 0 Å². The highest BCUT2D eigenvalue weighted by Crippen LogP contribution is 2.31. The highest BCUT2D eigenvalue weighted by molar-refractivity contribution is 5.94. The number of β-amino-alcohol motifs (C(OH)–C–C–N with tert-alkyl or cyclic N) is 1. The average Bonchev–Trinajstić information content (AvgIpc) is 3.23. The van der Waals surface area contributed by atoms with Crippen molar-refractivity contribution in [1.29, 1.82) is 0 Å². The summed E-state index contributed by atoms with van der Waals surface area (Å²) in [6.07, 6.45) is 2.21. The number of ether oxygens (including phenoxy) is 1. The lowest BCUT2D eigenvalue weighted by Crippen LogP contribution is -2.34. The largest absolute Gasteiger partial charge is 0.381 e. The van der Waals surface area contributed by atoms with Gasteiger partial charge in [0.2, 0.25) is 0 Å². The van der Waals surface area contributed by atoms with Gasteiger partial charge in [-0.3, -0.25) is 4.79 Å². The van der Waals surface area contributed by atoms with Crippen molar-refractivity contribution in [2.45, 2.75) is 38.5 Å².